The lowest BCUT2D eigenvalue weighted by Gasteiger charge is -2.09. The molecule has 0 radical (unpaired) electrons. The first kappa shape index (κ1) is 11.9. The summed E-state index contributed by atoms with van der Waals surface area (Å²) in [4.78, 5) is 11.5. The highest BCUT2D eigenvalue weighted by Crippen LogP contribution is 2.29. The second kappa shape index (κ2) is 4.59. The molecule has 0 aromatic heterocycles. The Bertz CT molecular complexity index is 393. The third-order valence-electron chi connectivity index (χ3n) is 1.95. The van der Waals surface area contributed by atoms with E-state index in [1.54, 1.807) is 0 Å². The number of methoxy groups -OCH3 is 1. The van der Waals surface area contributed by atoms with Gasteiger partial charge < -0.3 is 10.5 Å². The maximum atomic E-state index is 13.6. The Morgan fingerprint density at radius 2 is 2.20 bits per heavy atom. The molecule has 0 heterocycles. The minimum absolute atomic E-state index is 0.115. The summed E-state index contributed by atoms with van der Waals surface area (Å²) >= 11 is 5.65. The molecule has 0 saturated heterocycles. The van der Waals surface area contributed by atoms with Gasteiger partial charge in [-0.3, -0.25) is 4.79 Å². The molecule has 1 aromatic carbocycles. The molecule has 0 saturated carbocycles. The molecule has 15 heavy (non-hydrogen) atoms. The first-order valence-corrected chi connectivity index (χ1v) is 4.68. The maximum Gasteiger partial charge on any atom is 0.182 e. The number of hydrogen-bond acceptors (Lipinski definition) is 3. The summed E-state index contributed by atoms with van der Waals surface area (Å²) in [6.45, 7) is 1.49. The van der Waals surface area contributed by atoms with Crippen LogP contribution < -0.4 is 10.5 Å². The van der Waals surface area contributed by atoms with Gasteiger partial charge in [-0.1, -0.05) is 11.6 Å². The zero-order valence-electron chi connectivity index (χ0n) is 8.38. The van der Waals surface area contributed by atoms with Crippen LogP contribution in [0.3, 0.4) is 0 Å². The van der Waals surface area contributed by atoms with Gasteiger partial charge >= 0.3 is 0 Å². The van der Waals surface area contributed by atoms with E-state index in [2.05, 4.69) is 0 Å². The summed E-state index contributed by atoms with van der Waals surface area (Å²) in [6.07, 6.45) is 0. The lowest BCUT2D eigenvalue weighted by atomic mass is 10.1. The highest BCUT2D eigenvalue weighted by atomic mass is 35.5. The summed E-state index contributed by atoms with van der Waals surface area (Å²) in [6, 6.07) is 1.98. The number of nitrogens with two attached hydrogens (primary N) is 1. The maximum absolute atomic E-state index is 13.6. The van der Waals surface area contributed by atoms with Crippen LogP contribution in [0.2, 0.25) is 5.02 Å². The molecular formula is C10H11ClFNO2. The van der Waals surface area contributed by atoms with E-state index in [4.69, 9.17) is 22.1 Å². The molecule has 1 aromatic rings. The number of halogens is 2. The second-order valence-corrected chi connectivity index (χ2v) is 3.47. The summed E-state index contributed by atoms with van der Waals surface area (Å²) in [7, 11) is 1.37. The number of ketones is 1. The molecular weight excluding hydrogens is 221 g/mol. The van der Waals surface area contributed by atoms with Gasteiger partial charge in [-0.2, -0.15) is 0 Å². The Morgan fingerprint density at radius 1 is 1.60 bits per heavy atom. The molecule has 0 aliphatic rings. The van der Waals surface area contributed by atoms with Gasteiger partial charge in [0.25, 0.3) is 0 Å². The number of ether oxygens (including phenoxy) is 1. The molecule has 3 nitrogen and oxygen atoms in total. The number of hydrogen-bond donors (Lipinski definition) is 1. The van der Waals surface area contributed by atoms with Crippen LogP contribution in [0.5, 0.6) is 5.75 Å². The molecule has 1 unspecified atom stereocenters. The molecule has 82 valence electrons. The fourth-order valence-corrected chi connectivity index (χ4v) is 1.37. The minimum Gasteiger partial charge on any atom is -0.495 e. The predicted molar refractivity (Wildman–Crippen MR) is 55.9 cm³/mol. The van der Waals surface area contributed by atoms with Crippen molar-refractivity contribution in [2.75, 3.05) is 7.11 Å². The molecule has 0 amide bonds. The van der Waals surface area contributed by atoms with Gasteiger partial charge in [0.15, 0.2) is 11.6 Å². The Morgan fingerprint density at radius 3 is 2.67 bits per heavy atom. The molecule has 0 aliphatic heterocycles. The zero-order valence-corrected chi connectivity index (χ0v) is 9.14. The first-order valence-electron chi connectivity index (χ1n) is 4.30. The van der Waals surface area contributed by atoms with E-state index in [9.17, 15) is 9.18 Å². The largest absolute Gasteiger partial charge is 0.495 e. The number of Topliss-reactive ketones (excluding diaryl/α,β-unsaturated/α-hetero) is 1. The van der Waals surface area contributed by atoms with Crippen LogP contribution in [0.15, 0.2) is 12.1 Å². The van der Waals surface area contributed by atoms with E-state index in [1.165, 1.54) is 26.2 Å². The van der Waals surface area contributed by atoms with E-state index >= 15 is 0 Å². The summed E-state index contributed by atoms with van der Waals surface area (Å²) in [5, 5.41) is -0.205. The average Bonchev–Trinajstić information content (AvgIpc) is 2.21. The van der Waals surface area contributed by atoms with Gasteiger partial charge in [0.1, 0.15) is 10.8 Å². The lowest BCUT2D eigenvalue weighted by Crippen LogP contribution is -2.27. The molecule has 5 heteroatoms. The molecule has 0 spiro atoms. The highest BCUT2D eigenvalue weighted by Gasteiger charge is 2.19. The number of carbonyl (C=O) groups excluding carboxylic acids is 1. The van der Waals surface area contributed by atoms with Crippen LogP contribution in [0.4, 0.5) is 4.39 Å². The zero-order chi connectivity index (χ0) is 11.6. The standard InChI is InChI=1S/C10H11ClFNO2/c1-5(13)10(14)6-3-4-7(15-2)8(11)9(6)12/h3-5H,13H2,1-2H3. The van der Waals surface area contributed by atoms with Crippen LogP contribution >= 0.6 is 11.6 Å². The van der Waals surface area contributed by atoms with E-state index in [0.717, 1.165) is 0 Å². The highest BCUT2D eigenvalue weighted by molar-refractivity contribution is 6.32. The van der Waals surface area contributed by atoms with Crippen LogP contribution in [0.25, 0.3) is 0 Å². The second-order valence-electron chi connectivity index (χ2n) is 3.10. The normalized spacial score (nSPS) is 12.3. The Labute approximate surface area is 92.0 Å². The first-order chi connectivity index (χ1) is 6.99. The third kappa shape index (κ3) is 2.27. The van der Waals surface area contributed by atoms with Gasteiger partial charge in [-0.25, -0.2) is 4.39 Å². The van der Waals surface area contributed by atoms with Crippen molar-refractivity contribution in [1.82, 2.24) is 0 Å². The molecule has 1 atom stereocenters. The van der Waals surface area contributed by atoms with Crippen LogP contribution in [0, 0.1) is 5.82 Å². The summed E-state index contributed by atoms with van der Waals surface area (Å²) in [5.74, 6) is -1.09. The number of carbonyl (C=O) groups is 1. The van der Waals surface area contributed by atoms with Crippen molar-refractivity contribution >= 4 is 17.4 Å². The van der Waals surface area contributed by atoms with E-state index in [-0.39, 0.29) is 16.3 Å². The van der Waals surface area contributed by atoms with Gasteiger partial charge in [-0.15, -0.1) is 0 Å². The van der Waals surface area contributed by atoms with E-state index in [1.807, 2.05) is 0 Å². The minimum atomic E-state index is -0.793. The van der Waals surface area contributed by atoms with Gasteiger partial charge in [0.05, 0.1) is 18.7 Å². The predicted octanol–water partition coefficient (Wildman–Crippen LogP) is 2.02. The fraction of sp³-hybridized carbons (Fsp3) is 0.300. The molecule has 0 fully saturated rings. The van der Waals surface area contributed by atoms with Crippen molar-refractivity contribution in [2.45, 2.75) is 13.0 Å². The monoisotopic (exact) mass is 231 g/mol. The molecule has 1 rings (SSSR count). The van der Waals surface area contributed by atoms with Gasteiger partial charge in [0.2, 0.25) is 0 Å². The van der Waals surface area contributed by atoms with Crippen LogP contribution in [-0.4, -0.2) is 18.9 Å². The average molecular weight is 232 g/mol. The summed E-state index contributed by atoms with van der Waals surface area (Å²) < 4.78 is 18.4. The molecule has 0 bridgehead atoms. The van der Waals surface area contributed by atoms with Crippen molar-refractivity contribution in [1.29, 1.82) is 0 Å². The van der Waals surface area contributed by atoms with Gasteiger partial charge in [-0.05, 0) is 19.1 Å². The summed E-state index contributed by atoms with van der Waals surface area (Å²) in [5.41, 5.74) is 5.25. The third-order valence-corrected chi connectivity index (χ3v) is 2.30. The van der Waals surface area contributed by atoms with Crippen LogP contribution in [-0.2, 0) is 0 Å². The lowest BCUT2D eigenvalue weighted by molar-refractivity contribution is 0.0964. The topological polar surface area (TPSA) is 52.3 Å². The van der Waals surface area contributed by atoms with Crippen LogP contribution in [0.1, 0.15) is 17.3 Å². The smallest absolute Gasteiger partial charge is 0.182 e. The molecule has 0 aliphatic carbocycles. The van der Waals surface area contributed by atoms with Crippen molar-refractivity contribution in [2.24, 2.45) is 5.73 Å². The van der Waals surface area contributed by atoms with E-state index in [0.29, 0.717) is 0 Å². The fourth-order valence-electron chi connectivity index (χ4n) is 1.12. The number of rotatable bonds is 3. The van der Waals surface area contributed by atoms with Crippen molar-refractivity contribution in [3.8, 4) is 5.75 Å². The SMILES string of the molecule is COc1ccc(C(=O)C(C)N)c(F)c1Cl. The van der Waals surface area contributed by atoms with E-state index < -0.39 is 17.6 Å². The van der Waals surface area contributed by atoms with Crippen molar-refractivity contribution in [3.63, 3.8) is 0 Å². The molecule has 2 N–H and O–H groups in total. The van der Waals surface area contributed by atoms with Crippen molar-refractivity contribution < 1.29 is 13.9 Å². The Hall–Kier alpha value is -1.13. The Balaban J connectivity index is 3.23. The Kier molecular flexibility index (Phi) is 3.66. The number of benzene rings is 1. The van der Waals surface area contributed by atoms with Gasteiger partial charge in [0, 0.05) is 0 Å². The van der Waals surface area contributed by atoms with Crippen molar-refractivity contribution in [3.05, 3.63) is 28.5 Å². The quantitative estimate of drug-likeness (QED) is 0.810.